The van der Waals surface area contributed by atoms with E-state index in [4.69, 9.17) is 10.5 Å². The summed E-state index contributed by atoms with van der Waals surface area (Å²) in [5.74, 6) is -0.331. The van der Waals surface area contributed by atoms with Crippen LogP contribution in [0.5, 0.6) is 0 Å². The summed E-state index contributed by atoms with van der Waals surface area (Å²) in [7, 11) is 0. The molecule has 0 saturated carbocycles. The van der Waals surface area contributed by atoms with Gasteiger partial charge in [0.05, 0.1) is 24.4 Å². The number of primary amides is 1. The number of carbonyl (C=O) groups excluding carboxylic acids is 2. The maximum absolute atomic E-state index is 12.8. The number of imidazole rings is 1. The third-order valence-corrected chi connectivity index (χ3v) is 3.84. The van der Waals surface area contributed by atoms with Crippen molar-refractivity contribution in [3.63, 3.8) is 0 Å². The maximum Gasteiger partial charge on any atom is 0.404 e. The second-order valence-electron chi connectivity index (χ2n) is 7.54. The molecule has 0 aliphatic heterocycles. The smallest absolute Gasteiger partial charge is 0.404 e. The van der Waals surface area contributed by atoms with E-state index in [1.54, 1.807) is 20.0 Å². The lowest BCUT2D eigenvalue weighted by Crippen LogP contribution is -2.55. The lowest BCUT2D eigenvalue weighted by atomic mass is 9.72. The van der Waals surface area contributed by atoms with Crippen LogP contribution in [-0.2, 0) is 16.0 Å². The molecule has 0 aliphatic carbocycles. The number of carbonyl (C=O) groups is 2. The van der Waals surface area contributed by atoms with Gasteiger partial charge in [0.2, 0.25) is 5.91 Å². The van der Waals surface area contributed by atoms with Gasteiger partial charge in [0.1, 0.15) is 6.10 Å². The molecule has 0 saturated heterocycles. The van der Waals surface area contributed by atoms with E-state index >= 15 is 0 Å². The van der Waals surface area contributed by atoms with E-state index in [0.717, 1.165) is 5.69 Å². The molecule has 24 heavy (non-hydrogen) atoms. The quantitative estimate of drug-likeness (QED) is 0.587. The molecule has 0 radical (unpaired) electrons. The van der Waals surface area contributed by atoms with Gasteiger partial charge in [-0.1, -0.05) is 20.8 Å². The molecule has 0 bridgehead atoms. The third kappa shape index (κ3) is 5.23. The molecule has 1 aromatic rings. The Labute approximate surface area is 142 Å². The maximum atomic E-state index is 12.8. The predicted molar refractivity (Wildman–Crippen MR) is 89.0 cm³/mol. The monoisotopic (exact) mass is 340 g/mol. The fourth-order valence-corrected chi connectivity index (χ4v) is 2.84. The summed E-state index contributed by atoms with van der Waals surface area (Å²) in [5, 5.41) is 12.3. The molecule has 1 heterocycles. The van der Waals surface area contributed by atoms with Crippen LogP contribution in [0.2, 0.25) is 0 Å². The standard InChI is InChI=1S/C16H28N4O4/c1-15(2,3)12(24-14(17)23)16(4,5)13(22)20-11(8-21)6-10-7-18-9-19-10/h7,9,11-12,21H,6,8H2,1-5H3,(H2,17,23)(H,18,19)(H,20,22). The minimum absolute atomic E-state index is 0.225. The summed E-state index contributed by atoms with van der Waals surface area (Å²) >= 11 is 0. The number of nitrogens with two attached hydrogens (primary N) is 1. The van der Waals surface area contributed by atoms with Crippen LogP contribution in [0, 0.1) is 10.8 Å². The van der Waals surface area contributed by atoms with Gasteiger partial charge in [-0.15, -0.1) is 0 Å². The van der Waals surface area contributed by atoms with Gasteiger partial charge in [-0.3, -0.25) is 4.79 Å². The van der Waals surface area contributed by atoms with Crippen molar-refractivity contribution in [1.29, 1.82) is 0 Å². The molecule has 0 spiro atoms. The van der Waals surface area contributed by atoms with E-state index in [9.17, 15) is 14.7 Å². The lowest BCUT2D eigenvalue weighted by molar-refractivity contribution is -0.141. The number of aromatic nitrogens is 2. The van der Waals surface area contributed by atoms with Gasteiger partial charge in [-0.2, -0.15) is 0 Å². The van der Waals surface area contributed by atoms with Crippen molar-refractivity contribution in [2.24, 2.45) is 16.6 Å². The van der Waals surface area contributed by atoms with Crippen molar-refractivity contribution < 1.29 is 19.4 Å². The normalized spacial score (nSPS) is 14.8. The number of rotatable bonds is 7. The van der Waals surface area contributed by atoms with Crippen LogP contribution in [0.4, 0.5) is 4.79 Å². The van der Waals surface area contributed by atoms with Gasteiger partial charge in [0.15, 0.2) is 0 Å². The molecule has 2 amide bonds. The lowest BCUT2D eigenvalue weighted by Gasteiger charge is -2.40. The molecule has 0 aromatic carbocycles. The Kier molecular flexibility index (Phi) is 6.36. The van der Waals surface area contributed by atoms with Gasteiger partial charge >= 0.3 is 6.09 Å². The van der Waals surface area contributed by atoms with Crippen LogP contribution in [0.15, 0.2) is 12.5 Å². The highest BCUT2D eigenvalue weighted by Gasteiger charge is 2.46. The molecule has 5 N–H and O–H groups in total. The van der Waals surface area contributed by atoms with E-state index in [-0.39, 0.29) is 12.5 Å². The first kappa shape index (κ1) is 20.0. The van der Waals surface area contributed by atoms with E-state index < -0.39 is 29.1 Å². The average Bonchev–Trinajstić information content (AvgIpc) is 2.95. The summed E-state index contributed by atoms with van der Waals surface area (Å²) in [6.45, 7) is 8.74. The SMILES string of the molecule is CC(C)(C)C(OC(N)=O)C(C)(C)C(=O)NC(CO)Cc1cnc[nH]1. The summed E-state index contributed by atoms with van der Waals surface area (Å²) in [4.78, 5) is 30.8. The zero-order valence-electron chi connectivity index (χ0n) is 14.9. The largest absolute Gasteiger partial charge is 0.445 e. The molecule has 1 aromatic heterocycles. The predicted octanol–water partition coefficient (Wildman–Crippen LogP) is 0.966. The highest BCUT2D eigenvalue weighted by molar-refractivity contribution is 5.83. The Hall–Kier alpha value is -2.09. The minimum Gasteiger partial charge on any atom is -0.445 e. The van der Waals surface area contributed by atoms with Gasteiger partial charge < -0.3 is 25.9 Å². The van der Waals surface area contributed by atoms with Gasteiger partial charge in [-0.25, -0.2) is 9.78 Å². The highest BCUT2D eigenvalue weighted by Crippen LogP contribution is 2.36. The number of aliphatic hydroxyl groups excluding tert-OH is 1. The van der Waals surface area contributed by atoms with E-state index in [1.165, 1.54) is 6.33 Å². The van der Waals surface area contributed by atoms with E-state index in [1.807, 2.05) is 20.8 Å². The molecule has 136 valence electrons. The molecule has 8 nitrogen and oxygen atoms in total. The number of hydrogen-bond donors (Lipinski definition) is 4. The van der Waals surface area contributed by atoms with Crippen molar-refractivity contribution in [1.82, 2.24) is 15.3 Å². The first-order chi connectivity index (χ1) is 11.0. The van der Waals surface area contributed by atoms with Crippen LogP contribution in [-0.4, -0.2) is 45.8 Å². The van der Waals surface area contributed by atoms with Crippen molar-refractivity contribution >= 4 is 12.0 Å². The number of nitrogens with zero attached hydrogens (tertiary/aromatic N) is 1. The fraction of sp³-hybridized carbons (Fsp3) is 0.688. The van der Waals surface area contributed by atoms with Gasteiger partial charge in [-0.05, 0) is 13.8 Å². The molecule has 8 heteroatoms. The van der Waals surface area contributed by atoms with Crippen LogP contribution >= 0.6 is 0 Å². The number of ether oxygens (including phenoxy) is 1. The molecule has 0 aliphatic rings. The molecule has 1 rings (SSSR count). The molecule has 2 atom stereocenters. The van der Waals surface area contributed by atoms with E-state index in [2.05, 4.69) is 15.3 Å². The number of H-pyrrole nitrogens is 1. The highest BCUT2D eigenvalue weighted by atomic mass is 16.6. The number of nitrogens with one attached hydrogen (secondary N) is 2. The molecule has 0 fully saturated rings. The van der Waals surface area contributed by atoms with Crippen molar-refractivity contribution in [2.75, 3.05) is 6.61 Å². The average molecular weight is 340 g/mol. The summed E-state index contributed by atoms with van der Waals surface area (Å²) in [5.41, 5.74) is 4.43. The second kappa shape index (κ2) is 7.65. The first-order valence-electron chi connectivity index (χ1n) is 7.83. The second-order valence-corrected chi connectivity index (χ2v) is 7.54. The molecular formula is C16H28N4O4. The number of amides is 2. The molecule has 2 unspecified atom stereocenters. The van der Waals surface area contributed by atoms with E-state index in [0.29, 0.717) is 6.42 Å². The third-order valence-electron chi connectivity index (χ3n) is 3.84. The zero-order valence-corrected chi connectivity index (χ0v) is 14.9. The summed E-state index contributed by atoms with van der Waals surface area (Å²) in [6.07, 6.45) is 1.93. The van der Waals surface area contributed by atoms with Crippen LogP contribution in [0.25, 0.3) is 0 Å². The Morgan fingerprint density at radius 1 is 1.38 bits per heavy atom. The Balaban J connectivity index is 2.89. The van der Waals surface area contributed by atoms with Gasteiger partial charge in [0.25, 0.3) is 0 Å². The Morgan fingerprint density at radius 2 is 2.00 bits per heavy atom. The van der Waals surface area contributed by atoms with Crippen LogP contribution < -0.4 is 11.1 Å². The number of hydrogen-bond acceptors (Lipinski definition) is 5. The van der Waals surface area contributed by atoms with Gasteiger partial charge in [0, 0.05) is 23.7 Å². The Bertz CT molecular complexity index is 549. The topological polar surface area (TPSA) is 130 Å². The Morgan fingerprint density at radius 3 is 2.42 bits per heavy atom. The summed E-state index contributed by atoms with van der Waals surface area (Å²) in [6, 6.07) is -0.480. The van der Waals surface area contributed by atoms with Crippen LogP contribution in [0.3, 0.4) is 0 Å². The first-order valence-corrected chi connectivity index (χ1v) is 7.83. The van der Waals surface area contributed by atoms with Crippen molar-refractivity contribution in [3.05, 3.63) is 18.2 Å². The van der Waals surface area contributed by atoms with Crippen LogP contribution in [0.1, 0.15) is 40.3 Å². The minimum atomic E-state index is -1.03. The van der Waals surface area contributed by atoms with Crippen molar-refractivity contribution in [3.8, 4) is 0 Å². The zero-order chi connectivity index (χ0) is 18.5. The summed E-state index contributed by atoms with van der Waals surface area (Å²) < 4.78 is 5.22. The number of aliphatic hydroxyl groups is 1. The number of aromatic amines is 1. The fourth-order valence-electron chi connectivity index (χ4n) is 2.84. The van der Waals surface area contributed by atoms with Crippen molar-refractivity contribution in [2.45, 2.75) is 53.2 Å². The molecular weight excluding hydrogens is 312 g/mol.